The number of hydrogen-bond acceptors (Lipinski definition) is 7. The molecule has 0 saturated carbocycles. The Kier molecular flexibility index (Phi) is 5.46. The Morgan fingerprint density at radius 3 is 2.00 bits per heavy atom. The van der Waals surface area contributed by atoms with E-state index in [1.54, 1.807) is 0 Å². The molecule has 2 aromatic rings. The lowest BCUT2D eigenvalue weighted by Gasteiger charge is -2.16. The van der Waals surface area contributed by atoms with Crippen LogP contribution in [0.3, 0.4) is 0 Å². The summed E-state index contributed by atoms with van der Waals surface area (Å²) in [5.41, 5.74) is -2.88. The molecule has 1 unspecified atom stereocenters. The first-order valence-corrected chi connectivity index (χ1v) is 8.31. The van der Waals surface area contributed by atoms with Crippen molar-refractivity contribution >= 4 is 15.8 Å². The lowest BCUT2D eigenvalue weighted by atomic mass is 10.1. The molecule has 0 aliphatic carbocycles. The standard InChI is InChI=1S/C14H9F3N2O7S/c15-14(16,17)12-4-2-1-3-11(12)13(19(22)23)26-27(24,25)10-7-5-9(6-8-10)18(20)21/h1-8,13H. The molecule has 2 rings (SSSR count). The minimum Gasteiger partial charge on any atom is -0.261 e. The Hall–Kier alpha value is -3.06. The van der Waals surface area contributed by atoms with E-state index in [0.717, 1.165) is 42.5 Å². The molecule has 0 aliphatic heterocycles. The predicted molar refractivity (Wildman–Crippen MR) is 82.5 cm³/mol. The average molecular weight is 406 g/mol. The molecule has 0 aromatic heterocycles. The van der Waals surface area contributed by atoms with Crippen LogP contribution in [0.2, 0.25) is 0 Å². The number of nitro groups is 2. The summed E-state index contributed by atoms with van der Waals surface area (Å²) < 4.78 is 68.0. The van der Waals surface area contributed by atoms with Gasteiger partial charge in [0.25, 0.3) is 5.69 Å². The Bertz CT molecular complexity index is 975. The van der Waals surface area contributed by atoms with Crippen LogP contribution in [0.25, 0.3) is 0 Å². The molecule has 0 heterocycles. The number of nitrogens with zero attached hydrogens (tertiary/aromatic N) is 2. The smallest absolute Gasteiger partial charge is 0.261 e. The molecule has 27 heavy (non-hydrogen) atoms. The minimum absolute atomic E-state index is 0.456. The van der Waals surface area contributed by atoms with Gasteiger partial charge in [0.1, 0.15) is 0 Å². The van der Waals surface area contributed by atoms with Crippen molar-refractivity contribution in [2.24, 2.45) is 0 Å². The molecule has 9 nitrogen and oxygen atoms in total. The summed E-state index contributed by atoms with van der Waals surface area (Å²) in [6.45, 7) is 0. The molecule has 0 fully saturated rings. The average Bonchev–Trinajstić information content (AvgIpc) is 2.59. The van der Waals surface area contributed by atoms with Gasteiger partial charge in [0, 0.05) is 12.1 Å². The highest BCUT2D eigenvalue weighted by Gasteiger charge is 2.41. The maximum atomic E-state index is 13.1. The Balaban J connectivity index is 2.45. The van der Waals surface area contributed by atoms with Gasteiger partial charge < -0.3 is 0 Å². The van der Waals surface area contributed by atoms with Crippen molar-refractivity contribution < 1.29 is 35.6 Å². The topological polar surface area (TPSA) is 130 Å². The van der Waals surface area contributed by atoms with Gasteiger partial charge in [-0.3, -0.25) is 20.2 Å². The summed E-state index contributed by atoms with van der Waals surface area (Å²) in [4.78, 5) is 18.9. The van der Waals surface area contributed by atoms with Crippen molar-refractivity contribution in [1.29, 1.82) is 0 Å². The molecule has 0 amide bonds. The maximum Gasteiger partial charge on any atom is 0.417 e. The predicted octanol–water partition coefficient (Wildman–Crippen LogP) is 3.29. The van der Waals surface area contributed by atoms with Gasteiger partial charge in [0.05, 0.1) is 25.9 Å². The lowest BCUT2D eigenvalue weighted by molar-refractivity contribution is -0.570. The van der Waals surface area contributed by atoms with E-state index in [-0.39, 0.29) is 0 Å². The zero-order chi connectivity index (χ0) is 20.4. The monoisotopic (exact) mass is 406 g/mol. The summed E-state index contributed by atoms with van der Waals surface area (Å²) in [5, 5.41) is 21.8. The van der Waals surface area contributed by atoms with Crippen molar-refractivity contribution in [2.75, 3.05) is 0 Å². The molecule has 2 aromatic carbocycles. The first-order chi connectivity index (χ1) is 12.4. The minimum atomic E-state index is -4.98. The second-order valence-corrected chi connectivity index (χ2v) is 6.60. The van der Waals surface area contributed by atoms with Crippen molar-refractivity contribution in [3.63, 3.8) is 0 Å². The third-order valence-corrected chi connectivity index (χ3v) is 4.56. The molecule has 1 atom stereocenters. The zero-order valence-electron chi connectivity index (χ0n) is 13.0. The fourth-order valence-corrected chi connectivity index (χ4v) is 3.08. The number of alkyl halides is 3. The normalized spacial score (nSPS) is 13.1. The number of benzene rings is 2. The summed E-state index contributed by atoms with van der Waals surface area (Å²) in [7, 11) is -4.89. The van der Waals surface area contributed by atoms with E-state index in [1.807, 2.05) is 0 Å². The van der Waals surface area contributed by atoms with Crippen LogP contribution in [0.1, 0.15) is 17.4 Å². The van der Waals surface area contributed by atoms with Gasteiger partial charge in [-0.05, 0) is 24.3 Å². The van der Waals surface area contributed by atoms with Crippen LogP contribution in [-0.4, -0.2) is 18.3 Å². The maximum absolute atomic E-state index is 13.1. The SMILES string of the molecule is O=[N+]([O-])c1ccc(S(=O)(=O)OC(c2ccccc2C(F)(F)F)[N+](=O)[O-])cc1. The van der Waals surface area contributed by atoms with Gasteiger partial charge in [0.15, 0.2) is 0 Å². The quantitative estimate of drug-likeness (QED) is 0.311. The van der Waals surface area contributed by atoms with Gasteiger partial charge in [-0.15, -0.1) is 0 Å². The van der Waals surface area contributed by atoms with Gasteiger partial charge in [-0.25, -0.2) is 0 Å². The van der Waals surface area contributed by atoms with Crippen LogP contribution in [0.15, 0.2) is 53.4 Å². The second-order valence-electron chi connectivity index (χ2n) is 5.02. The van der Waals surface area contributed by atoms with E-state index in [2.05, 4.69) is 4.18 Å². The van der Waals surface area contributed by atoms with Crippen LogP contribution >= 0.6 is 0 Å². The largest absolute Gasteiger partial charge is 0.417 e. The molecule has 13 heteroatoms. The van der Waals surface area contributed by atoms with Crippen LogP contribution in [0, 0.1) is 20.2 Å². The molecule has 0 bridgehead atoms. The van der Waals surface area contributed by atoms with Gasteiger partial charge in [-0.2, -0.15) is 25.8 Å². The highest BCUT2D eigenvalue weighted by atomic mass is 32.2. The van der Waals surface area contributed by atoms with Crippen molar-refractivity contribution in [3.8, 4) is 0 Å². The van der Waals surface area contributed by atoms with Crippen molar-refractivity contribution in [2.45, 2.75) is 17.3 Å². The van der Waals surface area contributed by atoms with Crippen molar-refractivity contribution in [1.82, 2.24) is 0 Å². The number of nitro benzene ring substituents is 1. The summed E-state index contributed by atoms with van der Waals surface area (Å²) >= 11 is 0. The Morgan fingerprint density at radius 1 is 0.963 bits per heavy atom. The number of halogens is 3. The van der Waals surface area contributed by atoms with Crippen LogP contribution in [0.5, 0.6) is 0 Å². The fourth-order valence-electron chi connectivity index (χ4n) is 2.08. The zero-order valence-corrected chi connectivity index (χ0v) is 13.8. The Labute approximate surface area is 149 Å². The van der Waals surface area contributed by atoms with E-state index >= 15 is 0 Å². The highest BCUT2D eigenvalue weighted by molar-refractivity contribution is 7.86. The van der Waals surface area contributed by atoms with Crippen LogP contribution in [0.4, 0.5) is 18.9 Å². The molecule has 0 saturated heterocycles. The molecule has 144 valence electrons. The fraction of sp³-hybridized carbons (Fsp3) is 0.143. The highest BCUT2D eigenvalue weighted by Crippen LogP contribution is 2.36. The first-order valence-electron chi connectivity index (χ1n) is 6.91. The number of non-ortho nitro benzene ring substituents is 1. The molecule has 0 radical (unpaired) electrons. The van der Waals surface area contributed by atoms with E-state index in [1.165, 1.54) is 0 Å². The third-order valence-electron chi connectivity index (χ3n) is 3.28. The van der Waals surface area contributed by atoms with E-state index in [0.29, 0.717) is 6.07 Å². The Morgan fingerprint density at radius 2 is 1.52 bits per heavy atom. The summed E-state index contributed by atoms with van der Waals surface area (Å²) in [5.74, 6) is 0. The number of rotatable bonds is 6. The van der Waals surface area contributed by atoms with E-state index in [9.17, 15) is 41.8 Å². The molecular formula is C14H9F3N2O7S. The van der Waals surface area contributed by atoms with Gasteiger partial charge in [0.2, 0.25) is 0 Å². The first kappa shape index (κ1) is 20.3. The van der Waals surface area contributed by atoms with Gasteiger partial charge >= 0.3 is 22.5 Å². The lowest BCUT2D eigenvalue weighted by Crippen LogP contribution is -2.22. The molecular weight excluding hydrogens is 397 g/mol. The van der Waals surface area contributed by atoms with E-state index in [4.69, 9.17) is 0 Å². The van der Waals surface area contributed by atoms with Crippen molar-refractivity contribution in [3.05, 3.63) is 79.9 Å². The molecule has 0 N–H and O–H groups in total. The van der Waals surface area contributed by atoms with Crippen LogP contribution < -0.4 is 0 Å². The molecule has 0 aliphatic rings. The van der Waals surface area contributed by atoms with Gasteiger partial charge in [-0.1, -0.05) is 12.1 Å². The third kappa shape index (κ3) is 4.57. The molecule has 0 spiro atoms. The second kappa shape index (κ2) is 7.28. The summed E-state index contributed by atoms with van der Waals surface area (Å²) in [6, 6.07) is 6.43. The van der Waals surface area contributed by atoms with Crippen LogP contribution in [-0.2, 0) is 20.5 Å². The van der Waals surface area contributed by atoms with E-state index < -0.39 is 54.1 Å². The summed E-state index contributed by atoms with van der Waals surface area (Å²) in [6.07, 6.45) is -7.64. The number of hydrogen-bond donors (Lipinski definition) is 0.